The van der Waals surface area contributed by atoms with Gasteiger partial charge in [-0.3, -0.25) is 9.36 Å². The summed E-state index contributed by atoms with van der Waals surface area (Å²) in [6, 6.07) is 17.7. The molecule has 0 fully saturated rings. The van der Waals surface area contributed by atoms with Gasteiger partial charge in [-0.1, -0.05) is 12.1 Å². The third-order valence-electron chi connectivity index (χ3n) is 4.86. The lowest BCUT2D eigenvalue weighted by atomic mass is 10.2. The predicted molar refractivity (Wildman–Crippen MR) is 114 cm³/mol. The molecule has 0 N–H and O–H groups in total. The van der Waals surface area contributed by atoms with Gasteiger partial charge >= 0.3 is 5.97 Å². The Morgan fingerprint density at radius 2 is 1.87 bits per heavy atom. The first-order chi connectivity index (χ1) is 15.0. The zero-order chi connectivity index (χ0) is 22.0. The summed E-state index contributed by atoms with van der Waals surface area (Å²) >= 11 is 0. The van der Waals surface area contributed by atoms with Gasteiger partial charge in [-0.05, 0) is 56.3 Å². The molecule has 4 aromatic rings. The Morgan fingerprint density at radius 3 is 2.55 bits per heavy atom. The molecule has 2 aromatic carbocycles. The summed E-state index contributed by atoms with van der Waals surface area (Å²) in [6.07, 6.45) is 0. The summed E-state index contributed by atoms with van der Waals surface area (Å²) in [5, 5.41) is 13.9. The number of aryl methyl sites for hydroxylation is 2. The number of hydrogen-bond donors (Lipinski definition) is 0. The highest BCUT2D eigenvalue weighted by molar-refractivity contribution is 5.89. The molecule has 4 rings (SSSR count). The average Bonchev–Trinajstić information content (AvgIpc) is 3.12. The Kier molecular flexibility index (Phi) is 5.33. The number of rotatable bonds is 5. The molecule has 154 valence electrons. The van der Waals surface area contributed by atoms with Gasteiger partial charge in [-0.25, -0.2) is 14.5 Å². The van der Waals surface area contributed by atoms with E-state index in [2.05, 4.69) is 10.1 Å². The Hall–Kier alpha value is -4.25. The number of benzene rings is 2. The fourth-order valence-electron chi connectivity index (χ4n) is 3.40. The van der Waals surface area contributed by atoms with Gasteiger partial charge in [0.25, 0.3) is 5.56 Å². The number of nitrogens with zero attached hydrogens (tertiary/aromatic N) is 5. The van der Waals surface area contributed by atoms with Crippen LogP contribution in [0.5, 0.6) is 0 Å². The number of fused-ring (bicyclic) bond motifs is 1. The minimum absolute atomic E-state index is 0.180. The quantitative estimate of drug-likeness (QED) is 0.466. The van der Waals surface area contributed by atoms with Crippen LogP contribution in [0.25, 0.3) is 16.6 Å². The number of carbonyl (C=O) groups excluding carboxylic acids is 1. The molecule has 0 radical (unpaired) electrons. The molecule has 0 unspecified atom stereocenters. The van der Waals surface area contributed by atoms with Crippen molar-refractivity contribution >= 4 is 16.9 Å². The third kappa shape index (κ3) is 3.94. The second kappa shape index (κ2) is 8.24. The van der Waals surface area contributed by atoms with Gasteiger partial charge < -0.3 is 4.74 Å². The summed E-state index contributed by atoms with van der Waals surface area (Å²) in [6.45, 7) is 3.47. The van der Waals surface area contributed by atoms with E-state index in [-0.39, 0.29) is 24.5 Å². The number of ether oxygens (including phenoxy) is 1. The summed E-state index contributed by atoms with van der Waals surface area (Å²) < 4.78 is 8.40. The van der Waals surface area contributed by atoms with Crippen LogP contribution in [0.2, 0.25) is 0 Å². The largest absolute Gasteiger partial charge is 0.454 e. The van der Waals surface area contributed by atoms with Gasteiger partial charge in [0, 0.05) is 5.69 Å². The van der Waals surface area contributed by atoms with E-state index in [1.807, 2.05) is 26.0 Å². The van der Waals surface area contributed by atoms with Gasteiger partial charge in [0.05, 0.1) is 33.9 Å². The molecule has 0 bridgehead atoms. The molecule has 8 heteroatoms. The lowest BCUT2D eigenvalue weighted by Crippen LogP contribution is -2.26. The van der Waals surface area contributed by atoms with Gasteiger partial charge in [-0.15, -0.1) is 0 Å². The van der Waals surface area contributed by atoms with E-state index >= 15 is 0 Å². The Balaban J connectivity index is 1.55. The number of aromatic nitrogens is 4. The molecule has 0 saturated heterocycles. The van der Waals surface area contributed by atoms with Crippen molar-refractivity contribution in [3.63, 3.8) is 0 Å². The monoisotopic (exact) mass is 413 g/mol. The first kappa shape index (κ1) is 20.0. The maximum atomic E-state index is 12.7. The van der Waals surface area contributed by atoms with Gasteiger partial charge in [0.15, 0.2) is 5.82 Å². The van der Waals surface area contributed by atoms with E-state index in [0.717, 1.165) is 17.1 Å². The fourth-order valence-corrected chi connectivity index (χ4v) is 3.40. The van der Waals surface area contributed by atoms with Crippen LogP contribution in [0.4, 0.5) is 0 Å². The van der Waals surface area contributed by atoms with Crippen LogP contribution in [-0.4, -0.2) is 25.3 Å². The van der Waals surface area contributed by atoms with Crippen molar-refractivity contribution in [2.75, 3.05) is 0 Å². The molecular formula is C23H19N5O3. The highest BCUT2D eigenvalue weighted by atomic mass is 16.5. The highest BCUT2D eigenvalue weighted by Gasteiger charge is 2.14. The molecule has 0 spiro atoms. The molecule has 0 amide bonds. The van der Waals surface area contributed by atoms with Crippen LogP contribution < -0.4 is 5.56 Å². The Bertz CT molecular complexity index is 1380. The van der Waals surface area contributed by atoms with Gasteiger partial charge in [0.2, 0.25) is 0 Å². The molecule has 0 saturated carbocycles. The van der Waals surface area contributed by atoms with Crippen molar-refractivity contribution < 1.29 is 9.53 Å². The standard InChI is InChI=1S/C23H19N5O3/c1-15-13-16(2)28(26-15)18-9-7-17(8-10-18)23(30)31-14-21-25-20-6-4-3-5-19(20)22(29)27(21)12-11-24/h3-10,13H,12,14H2,1-2H3. The number of esters is 1. The Morgan fingerprint density at radius 1 is 1.13 bits per heavy atom. The number of nitriles is 1. The molecule has 0 aliphatic rings. The van der Waals surface area contributed by atoms with Crippen LogP contribution in [0.1, 0.15) is 27.6 Å². The number of hydrogen-bond acceptors (Lipinski definition) is 6. The summed E-state index contributed by atoms with van der Waals surface area (Å²) in [4.78, 5) is 29.6. The molecule has 0 aliphatic heterocycles. The predicted octanol–water partition coefficient (Wildman–Crippen LogP) is 3.08. The summed E-state index contributed by atoms with van der Waals surface area (Å²) in [5.41, 5.74) is 3.24. The fraction of sp³-hybridized carbons (Fsp3) is 0.174. The van der Waals surface area contributed by atoms with E-state index in [1.165, 1.54) is 4.57 Å². The lowest BCUT2D eigenvalue weighted by molar-refractivity contribution is 0.0457. The van der Waals surface area contributed by atoms with Crippen LogP contribution in [0, 0.1) is 25.2 Å². The SMILES string of the molecule is Cc1cc(C)n(-c2ccc(C(=O)OCc3nc4ccccc4c(=O)n3CC#N)cc2)n1. The molecule has 2 aromatic heterocycles. The lowest BCUT2D eigenvalue weighted by Gasteiger charge is -2.11. The molecule has 0 aliphatic carbocycles. The normalized spacial score (nSPS) is 10.7. The first-order valence-corrected chi connectivity index (χ1v) is 9.64. The van der Waals surface area contributed by atoms with E-state index in [9.17, 15) is 9.59 Å². The van der Waals surface area contributed by atoms with Crippen molar-refractivity contribution in [1.29, 1.82) is 5.26 Å². The maximum absolute atomic E-state index is 12.7. The second-order valence-corrected chi connectivity index (χ2v) is 7.06. The molecule has 31 heavy (non-hydrogen) atoms. The molecule has 0 atom stereocenters. The molecule has 8 nitrogen and oxygen atoms in total. The van der Waals surface area contributed by atoms with Crippen molar-refractivity contribution in [2.45, 2.75) is 27.0 Å². The summed E-state index contributed by atoms with van der Waals surface area (Å²) in [5.74, 6) is -0.330. The summed E-state index contributed by atoms with van der Waals surface area (Å²) in [7, 11) is 0. The number of carbonyl (C=O) groups is 1. The van der Waals surface area contributed by atoms with Crippen LogP contribution in [0.15, 0.2) is 59.4 Å². The Labute approximate surface area is 178 Å². The second-order valence-electron chi connectivity index (χ2n) is 7.06. The van der Waals surface area contributed by atoms with Crippen molar-refractivity contribution in [3.8, 4) is 11.8 Å². The molecule has 2 heterocycles. The zero-order valence-electron chi connectivity index (χ0n) is 17.1. The highest BCUT2D eigenvalue weighted by Crippen LogP contribution is 2.15. The topological polar surface area (TPSA) is 103 Å². The van der Waals surface area contributed by atoms with Crippen LogP contribution >= 0.6 is 0 Å². The van der Waals surface area contributed by atoms with Crippen LogP contribution in [0.3, 0.4) is 0 Å². The average molecular weight is 413 g/mol. The van der Waals surface area contributed by atoms with Gasteiger partial charge in [-0.2, -0.15) is 10.4 Å². The van der Waals surface area contributed by atoms with Crippen molar-refractivity contribution in [2.24, 2.45) is 0 Å². The van der Waals surface area contributed by atoms with E-state index in [0.29, 0.717) is 16.5 Å². The van der Waals surface area contributed by atoms with E-state index in [1.54, 1.807) is 53.2 Å². The van der Waals surface area contributed by atoms with Crippen molar-refractivity contribution in [3.05, 3.63) is 87.7 Å². The smallest absolute Gasteiger partial charge is 0.338 e. The third-order valence-corrected chi connectivity index (χ3v) is 4.86. The first-order valence-electron chi connectivity index (χ1n) is 9.64. The van der Waals surface area contributed by atoms with E-state index < -0.39 is 5.97 Å². The zero-order valence-corrected chi connectivity index (χ0v) is 17.1. The van der Waals surface area contributed by atoms with E-state index in [4.69, 9.17) is 10.00 Å². The minimum Gasteiger partial charge on any atom is -0.454 e. The van der Waals surface area contributed by atoms with Crippen LogP contribution in [-0.2, 0) is 17.9 Å². The molecular weight excluding hydrogens is 394 g/mol. The number of para-hydroxylation sites is 1. The van der Waals surface area contributed by atoms with Crippen molar-refractivity contribution in [1.82, 2.24) is 19.3 Å². The minimum atomic E-state index is -0.550. The maximum Gasteiger partial charge on any atom is 0.338 e. The van der Waals surface area contributed by atoms with Gasteiger partial charge in [0.1, 0.15) is 13.2 Å².